The Morgan fingerprint density at radius 1 is 1.28 bits per heavy atom. The van der Waals surface area contributed by atoms with Crippen molar-refractivity contribution >= 4 is 81.2 Å². The number of carbonyl (C=O) groups excluding carboxylic acids is 6. The molecular weight excluding hydrogens is 665 g/mol. The summed E-state index contributed by atoms with van der Waals surface area (Å²) >= 11 is 3.21. The Hall–Kier alpha value is -4.10. The van der Waals surface area contributed by atoms with Crippen molar-refractivity contribution in [3.8, 4) is 0 Å². The van der Waals surface area contributed by atoms with Crippen LogP contribution in [0.15, 0.2) is 32.4 Å². The van der Waals surface area contributed by atoms with Gasteiger partial charge in [-0.25, -0.2) is 14.6 Å². The smallest absolute Gasteiger partial charge is 0.371 e. The third-order valence-electron chi connectivity index (χ3n) is 6.76. The number of carbonyl (C=O) groups is 6. The Morgan fingerprint density at radius 2 is 2.02 bits per heavy atom. The van der Waals surface area contributed by atoms with Crippen LogP contribution in [0.5, 0.6) is 0 Å². The maximum absolute atomic E-state index is 13.5. The number of nitrogens with two attached hydrogens (primary N) is 1. The van der Waals surface area contributed by atoms with Crippen LogP contribution in [0.3, 0.4) is 0 Å². The highest BCUT2D eigenvalue weighted by Gasteiger charge is 2.55. The van der Waals surface area contributed by atoms with Crippen LogP contribution in [0.1, 0.15) is 39.8 Å². The second-order valence-corrected chi connectivity index (χ2v) is 14.0. The number of nitrogens with zero attached hydrogens (tertiary/aromatic N) is 4. The third kappa shape index (κ3) is 7.64. The highest BCUT2D eigenvalue weighted by atomic mass is 32.2. The quantitative estimate of drug-likeness (QED) is 0.0844. The Morgan fingerprint density at radius 3 is 2.63 bits per heavy atom. The van der Waals surface area contributed by atoms with E-state index in [2.05, 4.69) is 15.5 Å². The number of thiazole rings is 1. The first-order chi connectivity index (χ1) is 21.8. The van der Waals surface area contributed by atoms with Crippen LogP contribution >= 0.6 is 34.9 Å². The number of anilines is 1. The van der Waals surface area contributed by atoms with E-state index < -0.39 is 52.7 Å². The van der Waals surface area contributed by atoms with Crippen LogP contribution in [0.2, 0.25) is 0 Å². The average Bonchev–Trinajstić information content (AvgIpc) is 3.45. The lowest BCUT2D eigenvalue weighted by Gasteiger charge is -2.50. The van der Waals surface area contributed by atoms with Crippen LogP contribution < -0.4 is 11.1 Å². The molecule has 0 radical (unpaired) electrons. The first-order valence-electron chi connectivity index (χ1n) is 13.7. The fourth-order valence-corrected chi connectivity index (χ4v) is 7.06. The van der Waals surface area contributed by atoms with Crippen LogP contribution in [-0.2, 0) is 43.0 Å². The summed E-state index contributed by atoms with van der Waals surface area (Å²) in [5.41, 5.74) is 5.49. The number of allylic oxidation sites excluding steroid dienone is 1. The molecule has 2 saturated heterocycles. The van der Waals surface area contributed by atoms with Crippen molar-refractivity contribution in [1.29, 1.82) is 0 Å². The molecule has 248 valence electrons. The van der Waals surface area contributed by atoms with E-state index in [4.69, 9.17) is 24.8 Å². The summed E-state index contributed by atoms with van der Waals surface area (Å²) in [4.78, 5) is 88.3. The number of aromatic nitrogens is 1. The maximum atomic E-state index is 13.5. The SMILES string of the molecule is CO/N=C(\C(=O)NC1C(=O)N2C(C(=O)OCOC(=O)C(C)(C)C)=C(CN(C=O)/C(C)=C3/CCOC(=O)S3)CSC12)c1csc(N)n1. The van der Waals surface area contributed by atoms with Crippen molar-refractivity contribution in [1.82, 2.24) is 20.1 Å². The molecule has 2 unspecified atom stereocenters. The zero-order chi connectivity index (χ0) is 33.8. The van der Waals surface area contributed by atoms with Crippen LogP contribution in [-0.4, -0.2) is 100 Å². The van der Waals surface area contributed by atoms with Gasteiger partial charge >= 0.3 is 17.2 Å². The fourth-order valence-electron chi connectivity index (χ4n) is 4.38. The number of thioether (sulfide) groups is 2. The van der Waals surface area contributed by atoms with E-state index in [1.807, 2.05) is 0 Å². The topological polar surface area (TPSA) is 209 Å². The summed E-state index contributed by atoms with van der Waals surface area (Å²) in [6, 6.07) is -1.06. The number of oxime groups is 1. The molecule has 16 nitrogen and oxygen atoms in total. The number of esters is 2. The highest BCUT2D eigenvalue weighted by molar-refractivity contribution is 8.16. The average molecular weight is 697 g/mol. The van der Waals surface area contributed by atoms with E-state index in [0.29, 0.717) is 29.0 Å². The van der Waals surface area contributed by atoms with Crippen molar-refractivity contribution in [2.75, 3.05) is 38.5 Å². The van der Waals surface area contributed by atoms with Crippen LogP contribution in [0.25, 0.3) is 0 Å². The summed E-state index contributed by atoms with van der Waals surface area (Å²) < 4.78 is 15.3. The van der Waals surface area contributed by atoms with Gasteiger partial charge in [0, 0.05) is 34.7 Å². The fraction of sp³-hybridized carbons (Fsp3) is 0.481. The molecule has 1 aromatic heterocycles. The molecule has 0 bridgehead atoms. The molecule has 4 heterocycles. The van der Waals surface area contributed by atoms with Crippen LogP contribution in [0, 0.1) is 5.41 Å². The van der Waals surface area contributed by atoms with Gasteiger partial charge in [0.05, 0.1) is 12.0 Å². The molecule has 1 aromatic rings. The van der Waals surface area contributed by atoms with E-state index >= 15 is 0 Å². The molecule has 3 N–H and O–H groups in total. The lowest BCUT2D eigenvalue weighted by molar-refractivity contribution is -0.173. The van der Waals surface area contributed by atoms with Crippen molar-refractivity contribution in [3.63, 3.8) is 0 Å². The maximum Gasteiger partial charge on any atom is 0.371 e. The molecule has 0 saturated carbocycles. The minimum atomic E-state index is -1.06. The largest absolute Gasteiger partial charge is 0.457 e. The Labute approximate surface area is 276 Å². The van der Waals surface area contributed by atoms with Gasteiger partial charge in [-0.05, 0) is 45.0 Å². The second-order valence-electron chi connectivity index (χ2n) is 10.9. The molecule has 3 aliphatic rings. The predicted octanol–water partition coefficient (Wildman–Crippen LogP) is 1.78. The Bertz CT molecular complexity index is 1530. The monoisotopic (exact) mass is 696 g/mol. The summed E-state index contributed by atoms with van der Waals surface area (Å²) in [6.45, 7) is 5.90. The standard InChI is InChI=1S/C27H32N6O10S3/c1-13(16-6-7-41-26(39)46-16)32(11-34)8-14-9-44-22-18(30-20(35)17(31-40-5)15-10-45-25(28)29-15)21(36)33(22)19(14)23(37)42-12-43-24(38)27(2,3)4/h10-11,18,22H,6-9,12H2,1-5H3,(H2,28,29)(H,30,35)/b16-13-,31-17-. The van der Waals surface area contributed by atoms with Crippen LogP contribution in [0.4, 0.5) is 9.93 Å². The molecule has 46 heavy (non-hydrogen) atoms. The number of hydrogen-bond donors (Lipinski definition) is 2. The first-order valence-corrected chi connectivity index (χ1v) is 16.4. The minimum absolute atomic E-state index is 0.114. The molecule has 0 spiro atoms. The molecule has 2 atom stereocenters. The number of cyclic esters (lactones) is 1. The number of fused-ring (bicyclic) bond motifs is 1. The predicted molar refractivity (Wildman–Crippen MR) is 168 cm³/mol. The number of β-lactam (4-membered cyclic amide) rings is 1. The molecule has 0 aliphatic carbocycles. The molecule has 0 aromatic carbocycles. The molecule has 19 heteroatoms. The Kier molecular flexibility index (Phi) is 11.0. The third-order valence-corrected chi connectivity index (χ3v) is 9.80. The zero-order valence-electron chi connectivity index (χ0n) is 25.5. The van der Waals surface area contributed by atoms with Gasteiger partial charge in [-0.3, -0.25) is 24.1 Å². The molecule has 3 amide bonds. The summed E-state index contributed by atoms with van der Waals surface area (Å²) in [5, 5.41) is 6.85. The van der Waals surface area contributed by atoms with Crippen molar-refractivity contribution < 1.29 is 47.8 Å². The van der Waals surface area contributed by atoms with Gasteiger partial charge in [-0.2, -0.15) is 0 Å². The summed E-state index contributed by atoms with van der Waals surface area (Å²) in [5.74, 6) is -2.79. The number of amides is 3. The van der Waals surface area contributed by atoms with Gasteiger partial charge in [0.25, 0.3) is 11.8 Å². The molecule has 4 rings (SSSR count). The number of rotatable bonds is 11. The first kappa shape index (κ1) is 34.8. The van der Waals surface area contributed by atoms with Gasteiger partial charge in [-0.15, -0.1) is 23.1 Å². The van der Waals surface area contributed by atoms with Gasteiger partial charge < -0.3 is 35.0 Å². The summed E-state index contributed by atoms with van der Waals surface area (Å²) in [7, 11) is 1.25. The zero-order valence-corrected chi connectivity index (χ0v) is 28.0. The van der Waals surface area contributed by atoms with E-state index in [1.54, 1.807) is 27.7 Å². The minimum Gasteiger partial charge on any atom is -0.457 e. The number of ether oxygens (including phenoxy) is 3. The van der Waals surface area contributed by atoms with Crippen molar-refractivity contribution in [2.24, 2.45) is 10.6 Å². The highest BCUT2D eigenvalue weighted by Crippen LogP contribution is 2.41. The molecule has 3 aliphatic heterocycles. The number of nitrogen functional groups attached to an aromatic ring is 1. The van der Waals surface area contributed by atoms with E-state index in [1.165, 1.54) is 34.1 Å². The summed E-state index contributed by atoms with van der Waals surface area (Å²) in [6.07, 6.45) is 0.966. The van der Waals surface area contributed by atoms with Gasteiger partial charge in [0.15, 0.2) is 10.8 Å². The van der Waals surface area contributed by atoms with Gasteiger partial charge in [0.1, 0.15) is 29.9 Å². The molecular formula is C27H32N6O10S3. The van der Waals surface area contributed by atoms with E-state index in [-0.39, 0.29) is 41.1 Å². The second kappa shape index (κ2) is 14.5. The lowest BCUT2D eigenvalue weighted by atomic mass is 9.98. The van der Waals surface area contributed by atoms with Crippen molar-refractivity contribution in [3.05, 3.63) is 32.9 Å². The molecule has 2 fully saturated rings. The lowest BCUT2D eigenvalue weighted by Crippen LogP contribution is -2.71. The van der Waals surface area contributed by atoms with Gasteiger partial charge in [-0.1, -0.05) is 5.16 Å². The van der Waals surface area contributed by atoms with Gasteiger partial charge in [0.2, 0.25) is 13.2 Å². The van der Waals surface area contributed by atoms with E-state index in [0.717, 1.165) is 23.1 Å². The normalized spacial score (nSPS) is 21.0. The number of nitrogens with one attached hydrogen (secondary N) is 1. The van der Waals surface area contributed by atoms with Crippen molar-refractivity contribution in [2.45, 2.75) is 45.5 Å². The number of hydrogen-bond acceptors (Lipinski definition) is 16. The van der Waals surface area contributed by atoms with E-state index in [9.17, 15) is 28.8 Å². The Balaban J connectivity index is 1.59.